The maximum atomic E-state index is 13.3. The second kappa shape index (κ2) is 5.53. The Morgan fingerprint density at radius 3 is 2.73 bits per heavy atom. The first-order chi connectivity index (χ1) is 10.4. The first-order valence-corrected chi connectivity index (χ1v) is 6.97. The Kier molecular flexibility index (Phi) is 3.84. The molecular weight excluding hydrogens is 299 g/mol. The molecule has 3 rings (SSSR count). The molecule has 3 N–H and O–H groups in total. The summed E-state index contributed by atoms with van der Waals surface area (Å²) in [5.74, 6) is -3.20. The van der Waals surface area contributed by atoms with Crippen molar-refractivity contribution in [2.75, 3.05) is 13.2 Å². The minimum absolute atomic E-state index is 0.0274. The molecule has 2 heterocycles. The second-order valence-electron chi connectivity index (χ2n) is 5.53. The summed E-state index contributed by atoms with van der Waals surface area (Å²) in [6.45, 7) is -0.0340. The second-order valence-corrected chi connectivity index (χ2v) is 5.53. The molecule has 1 aromatic carbocycles. The molecule has 2 aliphatic rings. The van der Waals surface area contributed by atoms with Crippen molar-refractivity contribution in [3.05, 3.63) is 35.4 Å². The van der Waals surface area contributed by atoms with Gasteiger partial charge >= 0.3 is 6.18 Å². The molecule has 3 unspecified atom stereocenters. The first kappa shape index (κ1) is 15.3. The van der Waals surface area contributed by atoms with Crippen LogP contribution in [0.1, 0.15) is 17.2 Å². The Bertz CT molecular complexity index is 579. The molecule has 120 valence electrons. The third-order valence-electron chi connectivity index (χ3n) is 4.31. The summed E-state index contributed by atoms with van der Waals surface area (Å²) in [6.07, 6.45) is -4.63. The SMILES string of the molecule is O=C1NNCC(N2Cc3ccccc3C2CO)C1C(F)(F)F. The van der Waals surface area contributed by atoms with Gasteiger partial charge in [0.15, 0.2) is 5.92 Å². The monoisotopic (exact) mass is 315 g/mol. The van der Waals surface area contributed by atoms with Crippen molar-refractivity contribution in [2.45, 2.75) is 24.8 Å². The molecule has 5 nitrogen and oxygen atoms in total. The highest BCUT2D eigenvalue weighted by Crippen LogP contribution is 2.40. The predicted molar refractivity (Wildman–Crippen MR) is 71.3 cm³/mol. The van der Waals surface area contributed by atoms with Gasteiger partial charge < -0.3 is 5.11 Å². The quantitative estimate of drug-likeness (QED) is 0.752. The lowest BCUT2D eigenvalue weighted by Gasteiger charge is -2.40. The van der Waals surface area contributed by atoms with Crippen molar-refractivity contribution < 1.29 is 23.1 Å². The molecule has 0 bridgehead atoms. The summed E-state index contributed by atoms with van der Waals surface area (Å²) in [7, 11) is 0. The smallest absolute Gasteiger partial charge is 0.394 e. The molecule has 3 atom stereocenters. The number of hydrogen-bond acceptors (Lipinski definition) is 4. The standard InChI is InChI=1S/C14H16F3N3O2/c15-14(16,17)12-10(5-18-19-13(12)22)20-6-8-3-1-2-4-9(8)11(20)7-21/h1-4,10-12,18,21H,5-7H2,(H,19,22). The van der Waals surface area contributed by atoms with Crippen LogP contribution in [-0.4, -0.2) is 41.3 Å². The molecule has 22 heavy (non-hydrogen) atoms. The Hall–Kier alpha value is -1.64. The molecule has 1 fully saturated rings. The maximum Gasteiger partial charge on any atom is 0.402 e. The number of fused-ring (bicyclic) bond motifs is 1. The number of halogens is 3. The zero-order valence-corrected chi connectivity index (χ0v) is 11.6. The number of amides is 1. The van der Waals surface area contributed by atoms with Crippen molar-refractivity contribution in [2.24, 2.45) is 5.92 Å². The fraction of sp³-hybridized carbons (Fsp3) is 0.500. The number of rotatable bonds is 2. The van der Waals surface area contributed by atoms with Gasteiger partial charge in [0.1, 0.15) is 0 Å². The maximum absolute atomic E-state index is 13.3. The number of carbonyl (C=O) groups excluding carboxylic acids is 1. The molecule has 0 aromatic heterocycles. The van der Waals surface area contributed by atoms with E-state index < -0.39 is 30.1 Å². The third-order valence-corrected chi connectivity index (χ3v) is 4.31. The number of aliphatic hydroxyl groups is 1. The van der Waals surface area contributed by atoms with Crippen LogP contribution in [0.3, 0.4) is 0 Å². The lowest BCUT2D eigenvalue weighted by molar-refractivity contribution is -0.203. The highest BCUT2D eigenvalue weighted by atomic mass is 19.4. The average molecular weight is 315 g/mol. The summed E-state index contributed by atoms with van der Waals surface area (Å²) < 4.78 is 39.8. The van der Waals surface area contributed by atoms with Crippen molar-refractivity contribution in [1.29, 1.82) is 0 Å². The van der Waals surface area contributed by atoms with Crippen molar-refractivity contribution >= 4 is 5.91 Å². The number of hydrogen-bond donors (Lipinski definition) is 3. The van der Waals surface area contributed by atoms with Gasteiger partial charge in [-0.1, -0.05) is 24.3 Å². The average Bonchev–Trinajstić information content (AvgIpc) is 2.84. The number of nitrogens with one attached hydrogen (secondary N) is 2. The van der Waals surface area contributed by atoms with E-state index in [1.165, 1.54) is 0 Å². The minimum atomic E-state index is -4.63. The molecule has 8 heteroatoms. The van der Waals surface area contributed by atoms with Crippen LogP contribution in [0.15, 0.2) is 24.3 Å². The number of carbonyl (C=O) groups is 1. The van der Waals surface area contributed by atoms with E-state index >= 15 is 0 Å². The zero-order valence-electron chi connectivity index (χ0n) is 11.6. The predicted octanol–water partition coefficient (Wildman–Crippen LogP) is 0.717. The van der Waals surface area contributed by atoms with Gasteiger partial charge in [-0.05, 0) is 11.1 Å². The lowest BCUT2D eigenvalue weighted by atomic mass is 9.94. The summed E-state index contributed by atoms with van der Waals surface area (Å²) in [6, 6.07) is 5.64. The van der Waals surface area contributed by atoms with Crippen LogP contribution >= 0.6 is 0 Å². The Morgan fingerprint density at radius 1 is 1.32 bits per heavy atom. The van der Waals surface area contributed by atoms with E-state index in [1.807, 2.05) is 17.6 Å². The van der Waals surface area contributed by atoms with Gasteiger partial charge in [0.2, 0.25) is 5.91 Å². The Labute approximate surface area is 125 Å². The van der Waals surface area contributed by atoms with Gasteiger partial charge in [-0.15, -0.1) is 0 Å². The first-order valence-electron chi connectivity index (χ1n) is 6.97. The fourth-order valence-corrected chi connectivity index (χ4v) is 3.33. The zero-order chi connectivity index (χ0) is 15.9. The Balaban J connectivity index is 1.94. The largest absolute Gasteiger partial charge is 0.402 e. The van der Waals surface area contributed by atoms with Crippen LogP contribution < -0.4 is 10.9 Å². The topological polar surface area (TPSA) is 64.6 Å². The van der Waals surface area contributed by atoms with Crippen LogP contribution in [-0.2, 0) is 11.3 Å². The normalized spacial score (nSPS) is 29.3. The van der Waals surface area contributed by atoms with E-state index in [9.17, 15) is 23.1 Å². The van der Waals surface area contributed by atoms with Gasteiger partial charge in [-0.2, -0.15) is 13.2 Å². The van der Waals surface area contributed by atoms with E-state index in [4.69, 9.17) is 0 Å². The highest BCUT2D eigenvalue weighted by molar-refractivity contribution is 5.80. The van der Waals surface area contributed by atoms with Crippen LogP contribution in [0.5, 0.6) is 0 Å². The number of aliphatic hydroxyl groups excluding tert-OH is 1. The minimum Gasteiger partial charge on any atom is -0.394 e. The number of benzene rings is 1. The summed E-state index contributed by atoms with van der Waals surface area (Å²) in [4.78, 5) is 13.3. The van der Waals surface area contributed by atoms with Gasteiger partial charge in [-0.3, -0.25) is 15.1 Å². The molecule has 1 saturated heterocycles. The van der Waals surface area contributed by atoms with E-state index in [0.29, 0.717) is 0 Å². The van der Waals surface area contributed by atoms with E-state index in [1.54, 1.807) is 17.0 Å². The molecule has 1 aromatic rings. The summed E-state index contributed by atoms with van der Waals surface area (Å²) >= 11 is 0. The van der Waals surface area contributed by atoms with E-state index in [0.717, 1.165) is 11.1 Å². The fourth-order valence-electron chi connectivity index (χ4n) is 3.33. The molecule has 0 saturated carbocycles. The Morgan fingerprint density at radius 2 is 2.05 bits per heavy atom. The molecule has 0 spiro atoms. The van der Waals surface area contributed by atoms with Crippen molar-refractivity contribution in [1.82, 2.24) is 15.8 Å². The molecule has 1 amide bonds. The van der Waals surface area contributed by atoms with Crippen LogP contribution in [0.4, 0.5) is 13.2 Å². The third kappa shape index (κ3) is 2.47. The van der Waals surface area contributed by atoms with E-state index in [2.05, 4.69) is 5.43 Å². The van der Waals surface area contributed by atoms with E-state index in [-0.39, 0.29) is 19.7 Å². The molecule has 0 radical (unpaired) electrons. The van der Waals surface area contributed by atoms with Gasteiger partial charge in [-0.25, -0.2) is 5.43 Å². The van der Waals surface area contributed by atoms with Crippen molar-refractivity contribution in [3.8, 4) is 0 Å². The highest BCUT2D eigenvalue weighted by Gasteiger charge is 2.54. The van der Waals surface area contributed by atoms with Gasteiger partial charge in [0.05, 0.1) is 12.6 Å². The van der Waals surface area contributed by atoms with Gasteiger partial charge in [0.25, 0.3) is 0 Å². The van der Waals surface area contributed by atoms with Crippen LogP contribution in [0.25, 0.3) is 0 Å². The number of nitrogens with zero attached hydrogens (tertiary/aromatic N) is 1. The summed E-state index contributed by atoms with van der Waals surface area (Å²) in [5, 5.41) is 9.62. The van der Waals surface area contributed by atoms with Crippen molar-refractivity contribution in [3.63, 3.8) is 0 Å². The molecular formula is C14H16F3N3O2. The summed E-state index contributed by atoms with van der Waals surface area (Å²) in [5.41, 5.74) is 6.26. The van der Waals surface area contributed by atoms with Crippen LogP contribution in [0.2, 0.25) is 0 Å². The lowest BCUT2D eigenvalue weighted by Crippen LogP contribution is -2.64. The molecule has 2 aliphatic heterocycles. The number of hydrazine groups is 1. The van der Waals surface area contributed by atoms with Gasteiger partial charge in [0, 0.05) is 19.1 Å². The molecule has 0 aliphatic carbocycles. The van der Waals surface area contributed by atoms with Crippen LogP contribution in [0, 0.1) is 5.92 Å². The number of alkyl halides is 3.